The summed E-state index contributed by atoms with van der Waals surface area (Å²) in [6, 6.07) is 19.3. The van der Waals surface area contributed by atoms with Gasteiger partial charge in [-0.05, 0) is 24.3 Å². The third-order valence-electron chi connectivity index (χ3n) is 3.09. The van der Waals surface area contributed by atoms with Crippen molar-refractivity contribution in [2.45, 2.75) is 6.42 Å². The Morgan fingerprint density at radius 1 is 0.950 bits per heavy atom. The minimum absolute atomic E-state index is 0.0598. The summed E-state index contributed by atoms with van der Waals surface area (Å²) in [5.41, 5.74) is 1.75. The van der Waals surface area contributed by atoms with Gasteiger partial charge in [0, 0.05) is 12.1 Å². The summed E-state index contributed by atoms with van der Waals surface area (Å²) < 4.78 is 0. The third-order valence-corrected chi connectivity index (χ3v) is 3.09. The van der Waals surface area contributed by atoms with Crippen LogP contribution in [-0.4, -0.2) is 18.4 Å². The van der Waals surface area contributed by atoms with Gasteiger partial charge >= 0.3 is 0 Å². The third kappa shape index (κ3) is 2.54. The molecule has 4 heteroatoms. The highest BCUT2D eigenvalue weighted by Gasteiger charge is 2.24. The van der Waals surface area contributed by atoms with Crippen LogP contribution in [0.15, 0.2) is 65.7 Å². The number of anilines is 2. The van der Waals surface area contributed by atoms with Crippen LogP contribution in [0.3, 0.4) is 0 Å². The molecule has 1 aliphatic heterocycles. The van der Waals surface area contributed by atoms with Gasteiger partial charge in [0.25, 0.3) is 0 Å². The number of carbonyl (C=O) groups excluding carboxylic acids is 1. The van der Waals surface area contributed by atoms with Gasteiger partial charge in [-0.1, -0.05) is 36.4 Å². The Morgan fingerprint density at radius 3 is 2.30 bits per heavy atom. The van der Waals surface area contributed by atoms with Gasteiger partial charge in [-0.3, -0.25) is 14.7 Å². The van der Waals surface area contributed by atoms with E-state index in [1.807, 2.05) is 60.7 Å². The number of amides is 1. The summed E-state index contributed by atoms with van der Waals surface area (Å²) in [6.07, 6.45) is 0.439. The molecule has 0 aromatic heterocycles. The van der Waals surface area contributed by atoms with Gasteiger partial charge in [-0.25, -0.2) is 0 Å². The molecule has 1 N–H and O–H groups in total. The second kappa shape index (κ2) is 5.57. The smallest absolute Gasteiger partial charge is 0.235 e. The molecule has 4 nitrogen and oxygen atoms in total. The van der Waals surface area contributed by atoms with Crippen LogP contribution in [0.25, 0.3) is 0 Å². The van der Waals surface area contributed by atoms with Crippen LogP contribution in [0.5, 0.6) is 0 Å². The number of benzene rings is 2. The molecule has 0 fully saturated rings. The Bertz CT molecular complexity index is 623. The van der Waals surface area contributed by atoms with Crippen molar-refractivity contribution in [2.75, 3.05) is 16.8 Å². The molecule has 0 saturated heterocycles. The van der Waals surface area contributed by atoms with Crippen LogP contribution in [0.4, 0.5) is 11.4 Å². The van der Waals surface area contributed by atoms with Crippen molar-refractivity contribution in [1.29, 1.82) is 0 Å². The molecule has 100 valence electrons. The topological polar surface area (TPSA) is 44.7 Å². The molecule has 0 aliphatic carbocycles. The van der Waals surface area contributed by atoms with Crippen molar-refractivity contribution < 1.29 is 4.79 Å². The number of carbonyl (C=O) groups is 1. The van der Waals surface area contributed by atoms with Crippen molar-refractivity contribution in [2.24, 2.45) is 4.99 Å². The van der Waals surface area contributed by atoms with Gasteiger partial charge in [0.05, 0.1) is 12.2 Å². The van der Waals surface area contributed by atoms with E-state index in [9.17, 15) is 4.79 Å². The van der Waals surface area contributed by atoms with E-state index in [1.165, 1.54) is 0 Å². The minimum atomic E-state index is 0.0598. The van der Waals surface area contributed by atoms with Crippen molar-refractivity contribution in [3.05, 3.63) is 60.7 Å². The molecule has 3 rings (SSSR count). The molecule has 0 bridgehead atoms. The Hall–Kier alpha value is -2.62. The number of nitrogens with zero attached hydrogens (tertiary/aromatic N) is 2. The van der Waals surface area contributed by atoms with E-state index in [-0.39, 0.29) is 5.91 Å². The van der Waals surface area contributed by atoms with E-state index < -0.39 is 0 Å². The van der Waals surface area contributed by atoms with Crippen molar-refractivity contribution >= 4 is 23.2 Å². The summed E-state index contributed by atoms with van der Waals surface area (Å²) in [4.78, 5) is 18.3. The fraction of sp³-hybridized carbons (Fsp3) is 0.125. The van der Waals surface area contributed by atoms with E-state index >= 15 is 0 Å². The zero-order valence-electron chi connectivity index (χ0n) is 11.0. The maximum atomic E-state index is 12.2. The van der Waals surface area contributed by atoms with Gasteiger partial charge in [-0.2, -0.15) is 0 Å². The average molecular weight is 265 g/mol. The summed E-state index contributed by atoms with van der Waals surface area (Å²) in [5, 5.41) is 3.21. The van der Waals surface area contributed by atoms with Crippen LogP contribution >= 0.6 is 0 Å². The SMILES string of the molecule is O=C1CCN=C(Nc2ccccc2)N1c1ccccc1. The highest BCUT2D eigenvalue weighted by molar-refractivity contribution is 6.21. The number of rotatable bonds is 2. The lowest BCUT2D eigenvalue weighted by atomic mass is 10.2. The standard InChI is InChI=1S/C16H15N3O/c20-15-11-12-17-16(18-13-7-3-1-4-8-13)19(15)14-9-5-2-6-10-14/h1-10H,11-12H2,(H,17,18). The van der Waals surface area contributed by atoms with Crippen LogP contribution in [0, 0.1) is 0 Å². The van der Waals surface area contributed by atoms with E-state index in [0.717, 1.165) is 11.4 Å². The average Bonchev–Trinajstić information content (AvgIpc) is 2.49. The maximum Gasteiger partial charge on any atom is 0.235 e. The fourth-order valence-corrected chi connectivity index (χ4v) is 2.15. The fourth-order valence-electron chi connectivity index (χ4n) is 2.15. The number of hydrogen-bond donors (Lipinski definition) is 1. The lowest BCUT2D eigenvalue weighted by molar-refractivity contribution is -0.117. The second-order valence-corrected chi connectivity index (χ2v) is 4.51. The molecule has 1 aliphatic rings. The Balaban J connectivity index is 1.91. The second-order valence-electron chi connectivity index (χ2n) is 4.51. The van der Waals surface area contributed by atoms with E-state index in [0.29, 0.717) is 18.9 Å². The quantitative estimate of drug-likeness (QED) is 0.907. The minimum Gasteiger partial charge on any atom is -0.326 e. The number of aliphatic imine (C=N–C) groups is 1. The Morgan fingerprint density at radius 2 is 1.60 bits per heavy atom. The molecular formula is C16H15N3O. The van der Waals surface area contributed by atoms with Crippen LogP contribution in [0.2, 0.25) is 0 Å². The monoisotopic (exact) mass is 265 g/mol. The van der Waals surface area contributed by atoms with E-state index in [2.05, 4.69) is 10.3 Å². The molecular weight excluding hydrogens is 250 g/mol. The first-order valence-corrected chi connectivity index (χ1v) is 6.59. The highest BCUT2D eigenvalue weighted by atomic mass is 16.2. The predicted molar refractivity (Wildman–Crippen MR) is 80.9 cm³/mol. The van der Waals surface area contributed by atoms with Gasteiger partial charge in [0.1, 0.15) is 0 Å². The van der Waals surface area contributed by atoms with Gasteiger partial charge in [-0.15, -0.1) is 0 Å². The van der Waals surface area contributed by atoms with Gasteiger partial charge < -0.3 is 5.32 Å². The summed E-state index contributed by atoms with van der Waals surface area (Å²) >= 11 is 0. The largest absolute Gasteiger partial charge is 0.326 e. The molecule has 20 heavy (non-hydrogen) atoms. The van der Waals surface area contributed by atoms with Gasteiger partial charge in [0.2, 0.25) is 11.9 Å². The Kier molecular flexibility index (Phi) is 3.46. The van der Waals surface area contributed by atoms with E-state index in [1.54, 1.807) is 4.90 Å². The first-order valence-electron chi connectivity index (χ1n) is 6.59. The molecule has 0 atom stereocenters. The predicted octanol–water partition coefficient (Wildman–Crippen LogP) is 2.89. The first kappa shape index (κ1) is 12.4. The molecule has 1 heterocycles. The summed E-state index contributed by atoms with van der Waals surface area (Å²) in [6.45, 7) is 0.525. The number of nitrogens with one attached hydrogen (secondary N) is 1. The molecule has 2 aromatic carbocycles. The number of guanidine groups is 1. The zero-order valence-corrected chi connectivity index (χ0v) is 11.0. The van der Waals surface area contributed by atoms with Gasteiger partial charge in [0.15, 0.2) is 0 Å². The van der Waals surface area contributed by atoms with Crippen LogP contribution < -0.4 is 10.2 Å². The van der Waals surface area contributed by atoms with Crippen molar-refractivity contribution in [3.63, 3.8) is 0 Å². The zero-order chi connectivity index (χ0) is 13.8. The molecule has 0 saturated carbocycles. The lowest BCUT2D eigenvalue weighted by Gasteiger charge is -2.28. The molecule has 2 aromatic rings. The lowest BCUT2D eigenvalue weighted by Crippen LogP contribution is -2.44. The highest BCUT2D eigenvalue weighted by Crippen LogP contribution is 2.19. The van der Waals surface area contributed by atoms with Crippen molar-refractivity contribution in [3.8, 4) is 0 Å². The van der Waals surface area contributed by atoms with E-state index in [4.69, 9.17) is 0 Å². The number of para-hydroxylation sites is 2. The summed E-state index contributed by atoms with van der Waals surface area (Å²) in [5.74, 6) is 0.642. The summed E-state index contributed by atoms with van der Waals surface area (Å²) in [7, 11) is 0. The number of hydrogen-bond acceptors (Lipinski definition) is 3. The first-order chi connectivity index (χ1) is 9.84. The van der Waals surface area contributed by atoms with Crippen LogP contribution in [-0.2, 0) is 4.79 Å². The van der Waals surface area contributed by atoms with Crippen LogP contribution in [0.1, 0.15) is 6.42 Å². The molecule has 1 amide bonds. The molecule has 0 unspecified atom stereocenters. The van der Waals surface area contributed by atoms with Crippen molar-refractivity contribution in [1.82, 2.24) is 0 Å². The Labute approximate surface area is 117 Å². The normalized spacial score (nSPS) is 14.9. The maximum absolute atomic E-state index is 12.2. The molecule has 0 spiro atoms. The molecule has 0 radical (unpaired) electrons.